The van der Waals surface area contributed by atoms with Gasteiger partial charge in [0, 0.05) is 37.3 Å². The molecular formula is C24H25F3N6O3. The summed E-state index contributed by atoms with van der Waals surface area (Å²) in [6.45, 7) is 2.07. The van der Waals surface area contributed by atoms with Gasteiger partial charge >= 0.3 is 6.18 Å². The van der Waals surface area contributed by atoms with Crippen LogP contribution >= 0.6 is 0 Å². The fraction of sp³-hybridized carbons (Fsp3) is 0.542. The molecular weight excluding hydrogens is 477 g/mol. The monoisotopic (exact) mass is 502 g/mol. The third kappa shape index (κ3) is 3.16. The van der Waals surface area contributed by atoms with E-state index in [2.05, 4.69) is 9.97 Å². The molecule has 3 aromatic heterocycles. The van der Waals surface area contributed by atoms with Crippen molar-refractivity contribution in [2.45, 2.75) is 62.6 Å². The molecule has 3 aliphatic carbocycles. The van der Waals surface area contributed by atoms with Gasteiger partial charge in [-0.15, -0.1) is 0 Å². The maximum atomic E-state index is 13.6. The molecule has 0 unspecified atom stereocenters. The second kappa shape index (κ2) is 7.37. The molecule has 1 aliphatic heterocycles. The standard InChI is InChI=1S/C24H25F3N6O3/c1-12-29-17-18(21(35)32(12)2)30-20(31-19(17)22-9-23(10-22,11-22)24(25,26)27)13-5-6-36-15(7-13)14-3-4-16(34)33(28)8-14/h3-4,8,13,15H,5-7,9-11,28H2,1-2H3/t13-,15+,22?,23?/m0/s1. The number of halogens is 3. The summed E-state index contributed by atoms with van der Waals surface area (Å²) in [6.07, 6.45) is -2.18. The summed E-state index contributed by atoms with van der Waals surface area (Å²) in [7, 11) is 1.59. The normalized spacial score (nSPS) is 29.6. The van der Waals surface area contributed by atoms with Crippen molar-refractivity contribution in [2.75, 3.05) is 12.4 Å². The van der Waals surface area contributed by atoms with Gasteiger partial charge in [0.2, 0.25) is 0 Å². The maximum absolute atomic E-state index is 13.6. The molecule has 12 heteroatoms. The highest BCUT2D eigenvalue weighted by Gasteiger charge is 2.79. The molecule has 0 amide bonds. The molecule has 4 heterocycles. The number of alkyl halides is 3. The van der Waals surface area contributed by atoms with Gasteiger partial charge in [-0.2, -0.15) is 13.2 Å². The van der Waals surface area contributed by atoms with Crippen molar-refractivity contribution in [1.29, 1.82) is 0 Å². The molecule has 0 spiro atoms. The van der Waals surface area contributed by atoms with Gasteiger partial charge in [-0.25, -0.2) is 19.6 Å². The number of hydrogen-bond acceptors (Lipinski definition) is 7. The van der Waals surface area contributed by atoms with Crippen LogP contribution < -0.4 is 17.0 Å². The SMILES string of the molecule is Cc1nc2c(C34CC(C(F)(F)F)(C3)C4)nc([C@H]3CCO[C@@H](c4ccc(=O)n(N)c4)C3)nc2c(=O)n1C. The van der Waals surface area contributed by atoms with Crippen molar-refractivity contribution >= 4 is 11.0 Å². The Balaban J connectivity index is 1.42. The molecule has 190 valence electrons. The molecule has 36 heavy (non-hydrogen) atoms. The zero-order valence-electron chi connectivity index (χ0n) is 19.8. The maximum Gasteiger partial charge on any atom is 0.394 e. The number of fused-ring (bicyclic) bond motifs is 1. The Morgan fingerprint density at radius 1 is 1.11 bits per heavy atom. The summed E-state index contributed by atoms with van der Waals surface area (Å²) in [5, 5.41) is 0. The van der Waals surface area contributed by atoms with Crippen LogP contribution in [0.3, 0.4) is 0 Å². The van der Waals surface area contributed by atoms with Crippen LogP contribution in [-0.2, 0) is 17.2 Å². The van der Waals surface area contributed by atoms with Gasteiger partial charge in [0.25, 0.3) is 11.1 Å². The molecule has 2 atom stereocenters. The molecule has 4 fully saturated rings. The van der Waals surface area contributed by atoms with Crippen LogP contribution in [0, 0.1) is 12.3 Å². The molecule has 9 nitrogen and oxygen atoms in total. The zero-order valence-corrected chi connectivity index (χ0v) is 19.8. The zero-order chi connectivity index (χ0) is 25.6. The molecule has 3 saturated carbocycles. The van der Waals surface area contributed by atoms with E-state index in [0.717, 1.165) is 10.2 Å². The Kier molecular flexibility index (Phi) is 4.74. The molecule has 0 aromatic carbocycles. The van der Waals surface area contributed by atoms with Crippen molar-refractivity contribution in [2.24, 2.45) is 12.5 Å². The summed E-state index contributed by atoms with van der Waals surface area (Å²) < 4.78 is 49.1. The highest BCUT2D eigenvalue weighted by atomic mass is 19.4. The van der Waals surface area contributed by atoms with Crippen LogP contribution in [-0.4, -0.2) is 37.0 Å². The van der Waals surface area contributed by atoms with E-state index in [1.807, 2.05) is 0 Å². The molecule has 2 N–H and O–H groups in total. The van der Waals surface area contributed by atoms with Crippen molar-refractivity contribution < 1.29 is 17.9 Å². The largest absolute Gasteiger partial charge is 0.394 e. The lowest BCUT2D eigenvalue weighted by molar-refractivity contribution is -0.337. The average molecular weight is 502 g/mol. The first-order chi connectivity index (χ1) is 16.9. The first-order valence-electron chi connectivity index (χ1n) is 11.8. The van der Waals surface area contributed by atoms with Crippen LogP contribution in [0.2, 0.25) is 0 Å². The fourth-order valence-corrected chi connectivity index (χ4v) is 6.14. The highest BCUT2D eigenvalue weighted by molar-refractivity contribution is 5.78. The average Bonchev–Trinajstić information content (AvgIpc) is 2.77. The molecule has 7 rings (SSSR count). The third-order valence-electron chi connectivity index (χ3n) is 8.28. The number of nitrogens with zero attached hydrogens (tertiary/aromatic N) is 5. The van der Waals surface area contributed by atoms with Gasteiger partial charge in [0.05, 0.1) is 17.2 Å². The van der Waals surface area contributed by atoms with Gasteiger partial charge in [0.15, 0.2) is 5.52 Å². The number of rotatable bonds is 3. The fourth-order valence-electron chi connectivity index (χ4n) is 6.14. The summed E-state index contributed by atoms with van der Waals surface area (Å²) in [5.41, 5.74) is -1.48. The summed E-state index contributed by atoms with van der Waals surface area (Å²) in [6, 6.07) is 3.02. The minimum atomic E-state index is -4.26. The van der Waals surface area contributed by atoms with E-state index >= 15 is 0 Å². The Morgan fingerprint density at radius 3 is 2.50 bits per heavy atom. The quantitative estimate of drug-likeness (QED) is 0.547. The Hall–Kier alpha value is -3.28. The van der Waals surface area contributed by atoms with Gasteiger partial charge in [-0.1, -0.05) is 0 Å². The van der Waals surface area contributed by atoms with Crippen LogP contribution in [0.4, 0.5) is 13.2 Å². The smallest absolute Gasteiger partial charge is 0.373 e. The second-order valence-electron chi connectivity index (χ2n) is 10.5. The molecule has 2 bridgehead atoms. The number of pyridine rings is 1. The van der Waals surface area contributed by atoms with E-state index in [1.54, 1.807) is 20.0 Å². The van der Waals surface area contributed by atoms with E-state index in [1.165, 1.54) is 16.8 Å². The Bertz CT molecular complexity index is 1510. The van der Waals surface area contributed by atoms with Crippen LogP contribution in [0.5, 0.6) is 0 Å². The van der Waals surface area contributed by atoms with Crippen LogP contribution in [0.15, 0.2) is 27.9 Å². The Morgan fingerprint density at radius 2 is 1.83 bits per heavy atom. The molecule has 4 aliphatic rings. The Labute approximate surface area is 203 Å². The minimum absolute atomic E-state index is 0.0422. The lowest BCUT2D eigenvalue weighted by Crippen LogP contribution is -2.70. The number of nitrogen functional groups attached to an aromatic ring is 1. The molecule has 1 saturated heterocycles. The van der Waals surface area contributed by atoms with Crippen LogP contribution in [0.1, 0.15) is 67.0 Å². The van der Waals surface area contributed by atoms with E-state index in [9.17, 15) is 22.8 Å². The summed E-state index contributed by atoms with van der Waals surface area (Å²) >= 11 is 0. The van der Waals surface area contributed by atoms with E-state index in [4.69, 9.17) is 15.6 Å². The van der Waals surface area contributed by atoms with Gasteiger partial charge in [-0.05, 0) is 50.7 Å². The number of nitrogens with two attached hydrogens (primary N) is 1. The number of aryl methyl sites for hydroxylation is 1. The van der Waals surface area contributed by atoms with Crippen molar-refractivity contribution in [3.05, 3.63) is 61.9 Å². The van der Waals surface area contributed by atoms with Gasteiger partial charge in [-0.3, -0.25) is 14.2 Å². The third-order valence-corrected chi connectivity index (χ3v) is 8.28. The first kappa shape index (κ1) is 23.1. The summed E-state index contributed by atoms with van der Waals surface area (Å²) in [5.74, 6) is 6.39. The van der Waals surface area contributed by atoms with Crippen molar-refractivity contribution in [1.82, 2.24) is 24.2 Å². The number of hydrogen-bond donors (Lipinski definition) is 1. The van der Waals surface area contributed by atoms with E-state index in [0.29, 0.717) is 42.3 Å². The first-order valence-corrected chi connectivity index (χ1v) is 11.8. The lowest BCUT2D eigenvalue weighted by atomic mass is 9.34. The van der Waals surface area contributed by atoms with Gasteiger partial charge < -0.3 is 10.6 Å². The summed E-state index contributed by atoms with van der Waals surface area (Å²) in [4.78, 5) is 38.8. The molecule has 0 radical (unpaired) electrons. The highest BCUT2D eigenvalue weighted by Crippen LogP contribution is 2.78. The minimum Gasteiger partial charge on any atom is -0.373 e. The van der Waals surface area contributed by atoms with E-state index < -0.39 is 17.0 Å². The predicted molar refractivity (Wildman–Crippen MR) is 123 cm³/mol. The second-order valence-corrected chi connectivity index (χ2v) is 10.5. The van der Waals surface area contributed by atoms with Crippen molar-refractivity contribution in [3.8, 4) is 0 Å². The number of aromatic nitrogens is 5. The van der Waals surface area contributed by atoms with Crippen molar-refractivity contribution in [3.63, 3.8) is 0 Å². The van der Waals surface area contributed by atoms with E-state index in [-0.39, 0.29) is 47.9 Å². The topological polar surface area (TPSA) is 118 Å². The molecule has 3 aromatic rings. The van der Waals surface area contributed by atoms with Crippen LogP contribution in [0.25, 0.3) is 11.0 Å². The number of ether oxygens (including phenoxy) is 1. The predicted octanol–water partition coefficient (Wildman–Crippen LogP) is 2.53. The van der Waals surface area contributed by atoms with Gasteiger partial charge in [0.1, 0.15) is 17.2 Å². The lowest BCUT2D eigenvalue weighted by Gasteiger charge is -2.70.